The molecule has 6 rings (SSSR count). The molecule has 4 aliphatic rings. The molecular weight excluding hydrogens is 476 g/mol. The zero-order chi connectivity index (χ0) is 23.5. The first kappa shape index (κ1) is 22.9. The second-order valence-electron chi connectivity index (χ2n) is 8.24. The second-order valence-corrected chi connectivity index (χ2v) is 11.4. The van der Waals surface area contributed by atoms with Crippen molar-refractivity contribution < 1.29 is 44.5 Å². The highest BCUT2D eigenvalue weighted by atomic mass is 32.2. The van der Waals surface area contributed by atoms with Gasteiger partial charge in [0.25, 0.3) is 26.7 Å². The van der Waals surface area contributed by atoms with Crippen molar-refractivity contribution >= 4 is 20.2 Å². The Morgan fingerprint density at radius 3 is 1.42 bits per heavy atom. The first-order valence-corrected chi connectivity index (χ1v) is 13.0. The molecule has 1 N–H and O–H groups in total. The van der Waals surface area contributed by atoms with Crippen molar-refractivity contribution in [2.24, 2.45) is 0 Å². The Balaban J connectivity index is 1.44. The van der Waals surface area contributed by atoms with Crippen LogP contribution in [0.3, 0.4) is 0 Å². The van der Waals surface area contributed by atoms with Crippen LogP contribution >= 0.6 is 0 Å². The third kappa shape index (κ3) is 4.10. The first-order valence-electron chi connectivity index (χ1n) is 10.2. The van der Waals surface area contributed by atoms with Gasteiger partial charge in [-0.15, -0.1) is 0 Å². The number of hydrogen-bond acceptors (Lipinski definition) is 10. The van der Waals surface area contributed by atoms with Gasteiger partial charge < -0.3 is 19.3 Å². The molecule has 12 heteroatoms. The fourth-order valence-corrected chi connectivity index (χ4v) is 6.31. The minimum absolute atomic E-state index is 0.0996. The minimum atomic E-state index is -4.29. The summed E-state index contributed by atoms with van der Waals surface area (Å²) >= 11 is 0. The summed E-state index contributed by atoms with van der Waals surface area (Å²) in [5, 5.41) is 10.7. The summed E-state index contributed by atoms with van der Waals surface area (Å²) in [6.07, 6.45) is -7.54. The third-order valence-electron chi connectivity index (χ3n) is 5.87. The van der Waals surface area contributed by atoms with E-state index in [0.717, 1.165) is 11.1 Å². The molecule has 3 saturated heterocycles. The van der Waals surface area contributed by atoms with Crippen molar-refractivity contribution in [1.82, 2.24) is 0 Å². The lowest BCUT2D eigenvalue weighted by molar-refractivity contribution is -0.476. The Morgan fingerprint density at radius 2 is 1.03 bits per heavy atom. The average molecular weight is 499 g/mol. The molecule has 1 saturated carbocycles. The minimum Gasteiger partial charge on any atom is -0.387 e. The van der Waals surface area contributed by atoms with E-state index in [9.17, 15) is 21.9 Å². The van der Waals surface area contributed by atoms with Crippen LogP contribution in [-0.2, 0) is 42.8 Å². The van der Waals surface area contributed by atoms with Crippen molar-refractivity contribution in [1.29, 1.82) is 0 Å². The normalized spacial score (nSPS) is 33.4. The summed E-state index contributed by atoms with van der Waals surface area (Å²) in [6, 6.07) is 12.0. The van der Waals surface area contributed by atoms with Gasteiger partial charge in [0.05, 0.1) is 9.79 Å². The summed E-state index contributed by atoms with van der Waals surface area (Å²) in [5.74, 6) is 0. The van der Waals surface area contributed by atoms with Crippen molar-refractivity contribution in [2.75, 3.05) is 0 Å². The highest BCUT2D eigenvalue weighted by Crippen LogP contribution is 2.44. The molecule has 3 aliphatic heterocycles. The van der Waals surface area contributed by atoms with Crippen LogP contribution < -0.4 is 0 Å². The lowest BCUT2D eigenvalue weighted by atomic mass is 9.83. The SMILES string of the molecule is Cc1ccc(S(=O)(=O)O[C@H]2C3OC4O[C@@H]2C(O)[C@H](O4)[C@H]3OS(=O)(=O)c2ccc(C)cc2)cc1. The lowest BCUT2D eigenvalue weighted by Crippen LogP contribution is -2.76. The molecule has 0 amide bonds. The molecule has 2 aromatic rings. The van der Waals surface area contributed by atoms with Gasteiger partial charge in [0.15, 0.2) is 0 Å². The topological polar surface area (TPSA) is 135 Å². The van der Waals surface area contributed by atoms with Gasteiger partial charge in [0.1, 0.15) is 36.6 Å². The van der Waals surface area contributed by atoms with E-state index < -0.39 is 63.3 Å². The first-order chi connectivity index (χ1) is 15.5. The molecule has 3 unspecified atom stereocenters. The number of aliphatic hydroxyl groups excluding tert-OH is 1. The monoisotopic (exact) mass is 498 g/mol. The van der Waals surface area contributed by atoms with Gasteiger partial charge in [-0.2, -0.15) is 16.8 Å². The van der Waals surface area contributed by atoms with Crippen LogP contribution in [0.4, 0.5) is 0 Å². The predicted octanol–water partition coefficient (Wildman–Crippen LogP) is 0.992. The predicted molar refractivity (Wildman–Crippen MR) is 111 cm³/mol. The molecule has 0 radical (unpaired) electrons. The van der Waals surface area contributed by atoms with E-state index in [1.807, 2.05) is 13.8 Å². The average Bonchev–Trinajstić information content (AvgIpc) is 2.76. The second kappa shape index (κ2) is 8.10. The molecule has 4 fully saturated rings. The van der Waals surface area contributed by atoms with Gasteiger partial charge in [0.2, 0.25) is 0 Å². The van der Waals surface area contributed by atoms with E-state index in [1.165, 1.54) is 24.3 Å². The number of hydrogen-bond donors (Lipinski definition) is 1. The number of aliphatic hydroxyl groups is 1. The smallest absolute Gasteiger partial charge is 0.297 e. The van der Waals surface area contributed by atoms with E-state index in [2.05, 4.69) is 0 Å². The fourth-order valence-electron chi connectivity index (χ4n) is 4.12. The van der Waals surface area contributed by atoms with Crippen LogP contribution in [0.5, 0.6) is 0 Å². The number of rotatable bonds is 6. The van der Waals surface area contributed by atoms with Gasteiger partial charge in [-0.25, -0.2) is 0 Å². The summed E-state index contributed by atoms with van der Waals surface area (Å²) in [6.45, 7) is 2.42. The highest BCUT2D eigenvalue weighted by molar-refractivity contribution is 7.87. The fraction of sp³-hybridized carbons (Fsp3) is 0.429. The lowest BCUT2D eigenvalue weighted by Gasteiger charge is -2.56. The highest BCUT2D eigenvalue weighted by Gasteiger charge is 2.64. The Hall–Kier alpha value is -1.90. The molecule has 1 aliphatic carbocycles. The number of ether oxygens (including phenoxy) is 3. The Morgan fingerprint density at radius 1 is 0.667 bits per heavy atom. The van der Waals surface area contributed by atoms with E-state index in [-0.39, 0.29) is 9.79 Å². The maximum absolute atomic E-state index is 12.9. The molecule has 4 bridgehead atoms. The van der Waals surface area contributed by atoms with Crippen LogP contribution in [0.15, 0.2) is 58.3 Å². The van der Waals surface area contributed by atoms with Crippen molar-refractivity contribution in [3.05, 3.63) is 59.7 Å². The summed E-state index contributed by atoms with van der Waals surface area (Å²) < 4.78 is 78.8. The van der Waals surface area contributed by atoms with E-state index in [0.29, 0.717) is 0 Å². The van der Waals surface area contributed by atoms with Crippen LogP contribution in [0, 0.1) is 13.8 Å². The van der Waals surface area contributed by atoms with Crippen LogP contribution in [0.1, 0.15) is 11.1 Å². The van der Waals surface area contributed by atoms with Gasteiger partial charge in [-0.3, -0.25) is 8.37 Å². The molecular formula is C21H22O10S2. The Labute approximate surface area is 191 Å². The molecule has 10 nitrogen and oxygen atoms in total. The largest absolute Gasteiger partial charge is 0.387 e. The zero-order valence-corrected chi connectivity index (χ0v) is 19.2. The number of aryl methyl sites for hydroxylation is 2. The van der Waals surface area contributed by atoms with Gasteiger partial charge in [-0.05, 0) is 38.1 Å². The maximum Gasteiger partial charge on any atom is 0.297 e. The van der Waals surface area contributed by atoms with Crippen LogP contribution in [0.2, 0.25) is 0 Å². The van der Waals surface area contributed by atoms with Crippen molar-refractivity contribution in [3.8, 4) is 0 Å². The van der Waals surface area contributed by atoms with E-state index in [4.69, 9.17) is 22.6 Å². The maximum atomic E-state index is 12.9. The third-order valence-corrected chi connectivity index (χ3v) is 8.52. The molecule has 7 atom stereocenters. The van der Waals surface area contributed by atoms with Crippen LogP contribution in [0.25, 0.3) is 0 Å². The standard InChI is InChI=1S/C21H22O10S2/c1-11-3-7-13(8-4-11)32(23,24)30-19-16-15(22)17-20(18(19)29-21(27-16)28-17)31-33(25,26)14-9-5-12(2)6-10-14/h3-10,15-22H,1-2H3/t15?,16-,17+,18?,19-,20-,21?/m1/s1. The quantitative estimate of drug-likeness (QED) is 0.575. The van der Waals surface area contributed by atoms with Crippen molar-refractivity contribution in [3.63, 3.8) is 0 Å². The Kier molecular flexibility index (Phi) is 5.61. The van der Waals surface area contributed by atoms with Crippen molar-refractivity contribution in [2.45, 2.75) is 66.7 Å². The molecule has 0 spiro atoms. The molecule has 33 heavy (non-hydrogen) atoms. The molecule has 2 aromatic carbocycles. The molecule has 3 heterocycles. The van der Waals surface area contributed by atoms with Crippen LogP contribution in [-0.4, -0.2) is 65.0 Å². The summed E-state index contributed by atoms with van der Waals surface area (Å²) in [4.78, 5) is -0.199. The van der Waals surface area contributed by atoms with E-state index >= 15 is 0 Å². The summed E-state index contributed by atoms with van der Waals surface area (Å²) in [5.41, 5.74) is 1.72. The van der Waals surface area contributed by atoms with Gasteiger partial charge in [0, 0.05) is 0 Å². The Bertz CT molecular complexity index is 1150. The van der Waals surface area contributed by atoms with E-state index in [1.54, 1.807) is 24.3 Å². The number of benzene rings is 2. The molecule has 0 aromatic heterocycles. The zero-order valence-electron chi connectivity index (χ0n) is 17.6. The molecule has 178 valence electrons. The summed E-state index contributed by atoms with van der Waals surface area (Å²) in [7, 11) is -8.57. The van der Waals surface area contributed by atoms with Gasteiger partial charge in [-0.1, -0.05) is 35.4 Å². The van der Waals surface area contributed by atoms with Gasteiger partial charge >= 0.3 is 0 Å².